The predicted octanol–water partition coefficient (Wildman–Crippen LogP) is 4.89. The highest BCUT2D eigenvalue weighted by Gasteiger charge is 2.22. The maximum absolute atomic E-state index is 9.93. The summed E-state index contributed by atoms with van der Waals surface area (Å²) in [6, 6.07) is 6.97. The molecule has 4 heterocycles. The quantitative estimate of drug-likeness (QED) is 0.495. The summed E-state index contributed by atoms with van der Waals surface area (Å²) < 4.78 is 0. The Morgan fingerprint density at radius 1 is 1.09 bits per heavy atom. The van der Waals surface area contributed by atoms with Crippen molar-refractivity contribution in [3.05, 3.63) is 41.9 Å². The van der Waals surface area contributed by atoms with Crippen LogP contribution in [0.5, 0.6) is 0 Å². The first-order valence-electron chi connectivity index (χ1n) is 12.3. The summed E-state index contributed by atoms with van der Waals surface area (Å²) in [7, 11) is 0. The minimum absolute atomic E-state index is 0.154. The van der Waals surface area contributed by atoms with E-state index in [2.05, 4.69) is 40.3 Å². The van der Waals surface area contributed by atoms with E-state index in [0.29, 0.717) is 6.04 Å². The van der Waals surface area contributed by atoms with E-state index in [1.54, 1.807) is 0 Å². The molecule has 0 unspecified atom stereocenters. The molecule has 6 heteroatoms. The van der Waals surface area contributed by atoms with E-state index >= 15 is 0 Å². The summed E-state index contributed by atoms with van der Waals surface area (Å²) in [5, 5.41) is 14.9. The molecule has 2 aliphatic rings. The highest BCUT2D eigenvalue weighted by atomic mass is 16.3. The fourth-order valence-electron chi connectivity index (χ4n) is 5.18. The highest BCUT2D eigenvalue weighted by molar-refractivity contribution is 5.98. The summed E-state index contributed by atoms with van der Waals surface area (Å²) >= 11 is 0. The maximum atomic E-state index is 9.93. The van der Waals surface area contributed by atoms with Crippen LogP contribution in [0.15, 0.2) is 30.6 Å². The van der Waals surface area contributed by atoms with Crippen LogP contribution in [0.1, 0.15) is 63.1 Å². The largest absolute Gasteiger partial charge is 0.393 e. The van der Waals surface area contributed by atoms with Crippen molar-refractivity contribution >= 4 is 16.7 Å². The van der Waals surface area contributed by atoms with Crippen molar-refractivity contribution in [3.8, 4) is 11.3 Å². The number of likely N-dealkylation sites (tertiary alicyclic amines) is 1. The van der Waals surface area contributed by atoms with E-state index in [4.69, 9.17) is 9.97 Å². The van der Waals surface area contributed by atoms with Crippen molar-refractivity contribution in [2.75, 3.05) is 18.4 Å². The first-order valence-corrected chi connectivity index (χ1v) is 12.3. The van der Waals surface area contributed by atoms with Gasteiger partial charge in [-0.3, -0.25) is 9.88 Å². The first kappa shape index (κ1) is 21.4. The number of pyridine rings is 2. The molecule has 1 saturated carbocycles. The molecule has 2 fully saturated rings. The number of anilines is 1. The van der Waals surface area contributed by atoms with Gasteiger partial charge in [0.25, 0.3) is 0 Å². The van der Waals surface area contributed by atoms with Crippen LogP contribution in [0.3, 0.4) is 0 Å². The monoisotopic (exact) mass is 433 g/mol. The van der Waals surface area contributed by atoms with Crippen molar-refractivity contribution in [3.63, 3.8) is 0 Å². The third-order valence-corrected chi connectivity index (χ3v) is 6.98. The van der Waals surface area contributed by atoms with Gasteiger partial charge < -0.3 is 15.4 Å². The second-order valence-corrected chi connectivity index (χ2v) is 9.54. The van der Waals surface area contributed by atoms with Crippen molar-refractivity contribution in [1.82, 2.24) is 19.9 Å². The number of hydrogen-bond acceptors (Lipinski definition) is 5. The highest BCUT2D eigenvalue weighted by Crippen LogP contribution is 2.35. The average Bonchev–Trinajstić information content (AvgIpc) is 3.46. The number of aromatic amines is 1. The van der Waals surface area contributed by atoms with Crippen LogP contribution in [0.2, 0.25) is 0 Å². The summed E-state index contributed by atoms with van der Waals surface area (Å²) in [4.78, 5) is 15.6. The lowest BCUT2D eigenvalue weighted by atomic mass is 9.92. The van der Waals surface area contributed by atoms with Crippen molar-refractivity contribution < 1.29 is 5.11 Å². The lowest BCUT2D eigenvalue weighted by molar-refractivity contribution is 0.126. The van der Waals surface area contributed by atoms with Gasteiger partial charge in [-0.05, 0) is 75.7 Å². The van der Waals surface area contributed by atoms with Crippen molar-refractivity contribution in [2.24, 2.45) is 0 Å². The number of aryl methyl sites for hydroxylation is 1. The third-order valence-electron chi connectivity index (χ3n) is 6.98. The van der Waals surface area contributed by atoms with Gasteiger partial charge in [0, 0.05) is 41.6 Å². The van der Waals surface area contributed by atoms with E-state index in [9.17, 15) is 5.11 Å². The third kappa shape index (κ3) is 4.66. The molecule has 32 heavy (non-hydrogen) atoms. The zero-order chi connectivity index (χ0) is 21.9. The second kappa shape index (κ2) is 9.59. The van der Waals surface area contributed by atoms with E-state index in [1.165, 1.54) is 37.2 Å². The van der Waals surface area contributed by atoms with E-state index in [-0.39, 0.29) is 6.10 Å². The Morgan fingerprint density at radius 2 is 1.91 bits per heavy atom. The Hall–Kier alpha value is -2.44. The summed E-state index contributed by atoms with van der Waals surface area (Å²) in [5.41, 5.74) is 6.56. The summed E-state index contributed by atoms with van der Waals surface area (Å²) in [6.45, 7) is 5.57. The van der Waals surface area contributed by atoms with Crippen LogP contribution < -0.4 is 5.32 Å². The van der Waals surface area contributed by atoms with E-state index in [1.807, 2.05) is 12.4 Å². The molecule has 3 N–H and O–H groups in total. The van der Waals surface area contributed by atoms with E-state index in [0.717, 1.165) is 73.0 Å². The molecule has 0 amide bonds. The van der Waals surface area contributed by atoms with Crippen LogP contribution in [-0.4, -0.2) is 50.2 Å². The number of H-pyrrole nitrogens is 1. The van der Waals surface area contributed by atoms with Gasteiger partial charge in [-0.2, -0.15) is 0 Å². The Labute approximate surface area is 190 Å². The van der Waals surface area contributed by atoms with Gasteiger partial charge >= 0.3 is 0 Å². The Balaban J connectivity index is 1.46. The van der Waals surface area contributed by atoms with Crippen LogP contribution in [0, 0.1) is 0 Å². The molecule has 0 radical (unpaired) electrons. The standard InChI is InChI=1S/C26H35N5O/c1-2-5-20-14-22-25(29-19-7-9-21(32)10-8-19)23(16-28-26(22)30-20)24-11-6-18(15-27-24)17-31-12-3-4-13-31/h6,11,14-16,19,21,32H,2-5,7-10,12-13,17H2,1H3,(H2,28,29,30)/t19-,21-. The van der Waals surface area contributed by atoms with Gasteiger partial charge in [0.2, 0.25) is 0 Å². The number of nitrogens with zero attached hydrogens (tertiary/aromatic N) is 3. The van der Waals surface area contributed by atoms with Crippen LogP contribution in [-0.2, 0) is 13.0 Å². The van der Waals surface area contributed by atoms with Crippen LogP contribution in [0.4, 0.5) is 5.69 Å². The number of aliphatic hydroxyl groups is 1. The maximum Gasteiger partial charge on any atom is 0.139 e. The second-order valence-electron chi connectivity index (χ2n) is 9.54. The number of nitrogens with one attached hydrogen (secondary N) is 2. The number of hydrogen-bond donors (Lipinski definition) is 3. The first-order chi connectivity index (χ1) is 15.7. The molecule has 1 aliphatic heterocycles. The predicted molar refractivity (Wildman–Crippen MR) is 130 cm³/mol. The Kier molecular flexibility index (Phi) is 6.42. The molecule has 5 rings (SSSR count). The topological polar surface area (TPSA) is 77.1 Å². The number of rotatable bonds is 7. The zero-order valence-corrected chi connectivity index (χ0v) is 19.1. The van der Waals surface area contributed by atoms with Gasteiger partial charge in [0.1, 0.15) is 5.65 Å². The molecular weight excluding hydrogens is 398 g/mol. The number of aromatic nitrogens is 3. The SMILES string of the molecule is CCCc1cc2c(N[C@H]3CC[C@H](O)CC3)c(-c3ccc(CN4CCCC4)cn3)cnc2[nH]1. The Bertz CT molecular complexity index is 1030. The fourth-order valence-corrected chi connectivity index (χ4v) is 5.18. The van der Waals surface area contributed by atoms with Gasteiger partial charge in [-0.1, -0.05) is 19.4 Å². The van der Waals surface area contributed by atoms with Gasteiger partial charge in [-0.25, -0.2) is 4.98 Å². The smallest absolute Gasteiger partial charge is 0.139 e. The minimum atomic E-state index is -0.154. The lowest BCUT2D eigenvalue weighted by Crippen LogP contribution is -2.28. The number of fused-ring (bicyclic) bond motifs is 1. The minimum Gasteiger partial charge on any atom is -0.393 e. The van der Waals surface area contributed by atoms with Gasteiger partial charge in [0.15, 0.2) is 0 Å². The molecule has 0 bridgehead atoms. The van der Waals surface area contributed by atoms with Gasteiger partial charge in [0.05, 0.1) is 17.5 Å². The molecule has 3 aromatic heterocycles. The summed E-state index contributed by atoms with van der Waals surface area (Å²) in [6.07, 6.45) is 12.2. The number of aliphatic hydroxyl groups excluding tert-OH is 1. The molecule has 170 valence electrons. The molecule has 0 spiro atoms. The van der Waals surface area contributed by atoms with Crippen molar-refractivity contribution in [2.45, 2.75) is 77.0 Å². The molecule has 0 aromatic carbocycles. The Morgan fingerprint density at radius 3 is 2.62 bits per heavy atom. The zero-order valence-electron chi connectivity index (χ0n) is 19.1. The molecule has 1 saturated heterocycles. The molecule has 3 aromatic rings. The normalized spacial score (nSPS) is 21.9. The average molecular weight is 434 g/mol. The fraction of sp³-hybridized carbons (Fsp3) is 0.538. The van der Waals surface area contributed by atoms with Gasteiger partial charge in [-0.15, -0.1) is 0 Å². The van der Waals surface area contributed by atoms with Crippen LogP contribution in [0.25, 0.3) is 22.3 Å². The lowest BCUT2D eigenvalue weighted by Gasteiger charge is -2.28. The summed E-state index contributed by atoms with van der Waals surface area (Å²) in [5.74, 6) is 0. The molecule has 6 nitrogen and oxygen atoms in total. The molecular formula is C26H35N5O. The molecule has 1 aliphatic carbocycles. The van der Waals surface area contributed by atoms with E-state index < -0.39 is 0 Å². The van der Waals surface area contributed by atoms with Crippen molar-refractivity contribution in [1.29, 1.82) is 0 Å². The molecule has 0 atom stereocenters. The van der Waals surface area contributed by atoms with Crippen LogP contribution >= 0.6 is 0 Å².